The van der Waals surface area contributed by atoms with Crippen molar-refractivity contribution in [1.82, 2.24) is 5.32 Å². The first-order chi connectivity index (χ1) is 7.84. The highest BCUT2D eigenvalue weighted by atomic mass is 127. The Bertz CT molecular complexity index is 303. The van der Waals surface area contributed by atoms with E-state index in [-0.39, 0.29) is 0 Å². The van der Waals surface area contributed by atoms with Crippen LogP contribution in [-0.2, 0) is 6.54 Å². The van der Waals surface area contributed by atoms with Crippen LogP contribution in [0.25, 0.3) is 0 Å². The molecule has 0 aliphatic heterocycles. The van der Waals surface area contributed by atoms with Crippen LogP contribution in [0.15, 0.2) is 16.5 Å². The first kappa shape index (κ1) is 12.4. The van der Waals surface area contributed by atoms with Gasteiger partial charge in [0.15, 0.2) is 3.77 Å². The van der Waals surface area contributed by atoms with Crippen molar-refractivity contribution in [2.24, 2.45) is 0 Å². The van der Waals surface area contributed by atoms with Gasteiger partial charge in [0, 0.05) is 6.04 Å². The molecule has 0 aromatic carbocycles. The molecule has 1 aliphatic rings. The van der Waals surface area contributed by atoms with Gasteiger partial charge in [-0.1, -0.05) is 32.1 Å². The summed E-state index contributed by atoms with van der Waals surface area (Å²) < 4.78 is 6.53. The molecule has 0 bridgehead atoms. The Labute approximate surface area is 111 Å². The minimum atomic E-state index is 0.697. The van der Waals surface area contributed by atoms with Crippen molar-refractivity contribution in [2.45, 2.75) is 57.5 Å². The van der Waals surface area contributed by atoms with Gasteiger partial charge in [0.25, 0.3) is 0 Å². The topological polar surface area (TPSA) is 25.2 Å². The van der Waals surface area contributed by atoms with Crippen LogP contribution in [0.4, 0.5) is 0 Å². The Balaban J connectivity index is 1.75. The number of hydrogen-bond acceptors (Lipinski definition) is 2. The Morgan fingerprint density at radius 2 is 1.81 bits per heavy atom. The molecule has 1 aromatic heterocycles. The van der Waals surface area contributed by atoms with Crippen LogP contribution in [0, 0.1) is 3.77 Å². The molecule has 1 fully saturated rings. The van der Waals surface area contributed by atoms with E-state index in [0.29, 0.717) is 6.04 Å². The minimum Gasteiger partial charge on any atom is -0.454 e. The molecule has 0 spiro atoms. The van der Waals surface area contributed by atoms with E-state index in [4.69, 9.17) is 4.42 Å². The Kier molecular flexibility index (Phi) is 5.16. The van der Waals surface area contributed by atoms with E-state index < -0.39 is 0 Å². The molecule has 1 N–H and O–H groups in total. The van der Waals surface area contributed by atoms with Gasteiger partial charge in [0.2, 0.25) is 0 Å². The van der Waals surface area contributed by atoms with Crippen LogP contribution in [0.5, 0.6) is 0 Å². The summed E-state index contributed by atoms with van der Waals surface area (Å²) in [5, 5.41) is 3.62. The van der Waals surface area contributed by atoms with Crippen LogP contribution in [0.3, 0.4) is 0 Å². The van der Waals surface area contributed by atoms with Gasteiger partial charge in [-0.15, -0.1) is 0 Å². The van der Waals surface area contributed by atoms with Gasteiger partial charge >= 0.3 is 0 Å². The van der Waals surface area contributed by atoms with E-state index in [1.807, 2.05) is 6.07 Å². The number of rotatable bonds is 3. The zero-order valence-electron chi connectivity index (χ0n) is 9.68. The maximum absolute atomic E-state index is 5.55. The first-order valence-corrected chi connectivity index (χ1v) is 7.40. The summed E-state index contributed by atoms with van der Waals surface area (Å²) in [7, 11) is 0. The highest BCUT2D eigenvalue weighted by molar-refractivity contribution is 14.1. The second-order valence-electron chi connectivity index (χ2n) is 4.63. The average Bonchev–Trinajstić information content (AvgIpc) is 2.63. The SMILES string of the molecule is Ic1ccc(CNC2CCCCCCC2)o1. The second-order valence-corrected chi connectivity index (χ2v) is 5.69. The molecular formula is C13H20INO. The summed E-state index contributed by atoms with van der Waals surface area (Å²) >= 11 is 2.21. The number of furan rings is 1. The van der Waals surface area contributed by atoms with Crippen LogP contribution in [0.1, 0.15) is 50.7 Å². The molecule has 0 radical (unpaired) electrons. The Morgan fingerprint density at radius 1 is 1.12 bits per heavy atom. The summed E-state index contributed by atoms with van der Waals surface area (Å²) in [6.45, 7) is 0.883. The lowest BCUT2D eigenvalue weighted by molar-refractivity contribution is 0.368. The standard InChI is InChI=1S/C13H20INO/c14-13-9-8-12(16-13)10-15-11-6-4-2-1-3-5-7-11/h8-9,11,15H,1-7,10H2. The van der Waals surface area contributed by atoms with Gasteiger partial charge in [-0.2, -0.15) is 0 Å². The molecule has 1 aromatic rings. The van der Waals surface area contributed by atoms with Crippen molar-refractivity contribution in [3.63, 3.8) is 0 Å². The van der Waals surface area contributed by atoms with Gasteiger partial charge in [0.05, 0.1) is 6.54 Å². The van der Waals surface area contributed by atoms with Crippen LogP contribution < -0.4 is 5.32 Å². The molecule has 2 rings (SSSR count). The lowest BCUT2D eigenvalue weighted by Gasteiger charge is -2.20. The molecule has 1 aliphatic carbocycles. The molecule has 2 nitrogen and oxygen atoms in total. The molecule has 3 heteroatoms. The number of halogens is 1. The van der Waals surface area contributed by atoms with E-state index in [1.165, 1.54) is 44.9 Å². The van der Waals surface area contributed by atoms with Gasteiger partial charge in [-0.3, -0.25) is 0 Å². The monoisotopic (exact) mass is 333 g/mol. The summed E-state index contributed by atoms with van der Waals surface area (Å²) in [6.07, 6.45) is 9.69. The third kappa shape index (κ3) is 4.09. The summed E-state index contributed by atoms with van der Waals surface area (Å²) in [4.78, 5) is 0. The van der Waals surface area contributed by atoms with Crippen LogP contribution in [0.2, 0.25) is 0 Å². The molecule has 1 heterocycles. The van der Waals surface area contributed by atoms with Crippen molar-refractivity contribution in [2.75, 3.05) is 0 Å². The third-order valence-electron chi connectivity index (χ3n) is 3.30. The molecule has 1 saturated carbocycles. The number of hydrogen-bond donors (Lipinski definition) is 1. The van der Waals surface area contributed by atoms with Gasteiger partial charge < -0.3 is 9.73 Å². The fraction of sp³-hybridized carbons (Fsp3) is 0.692. The molecule has 0 unspecified atom stereocenters. The molecule has 90 valence electrons. The average molecular weight is 333 g/mol. The zero-order chi connectivity index (χ0) is 11.2. The lowest BCUT2D eigenvalue weighted by Crippen LogP contribution is -2.29. The molecular weight excluding hydrogens is 313 g/mol. The summed E-state index contributed by atoms with van der Waals surface area (Å²) in [5.41, 5.74) is 0. The Hall–Kier alpha value is -0.0300. The van der Waals surface area contributed by atoms with Gasteiger partial charge in [0.1, 0.15) is 5.76 Å². The van der Waals surface area contributed by atoms with E-state index in [9.17, 15) is 0 Å². The van der Waals surface area contributed by atoms with Gasteiger partial charge in [-0.25, -0.2) is 0 Å². The van der Waals surface area contributed by atoms with E-state index >= 15 is 0 Å². The van der Waals surface area contributed by atoms with Crippen molar-refractivity contribution in [3.05, 3.63) is 21.7 Å². The quantitative estimate of drug-likeness (QED) is 0.843. The van der Waals surface area contributed by atoms with Crippen molar-refractivity contribution >= 4 is 22.6 Å². The van der Waals surface area contributed by atoms with Crippen molar-refractivity contribution < 1.29 is 4.42 Å². The highest BCUT2D eigenvalue weighted by Crippen LogP contribution is 2.18. The molecule has 0 amide bonds. The zero-order valence-corrected chi connectivity index (χ0v) is 11.8. The molecule has 0 saturated heterocycles. The third-order valence-corrected chi connectivity index (χ3v) is 3.88. The first-order valence-electron chi connectivity index (χ1n) is 6.32. The minimum absolute atomic E-state index is 0.697. The van der Waals surface area contributed by atoms with Gasteiger partial charge in [-0.05, 0) is 47.6 Å². The predicted molar refractivity (Wildman–Crippen MR) is 74.4 cm³/mol. The fourth-order valence-corrected chi connectivity index (χ4v) is 2.81. The van der Waals surface area contributed by atoms with Crippen LogP contribution >= 0.6 is 22.6 Å². The second kappa shape index (κ2) is 6.64. The number of nitrogens with one attached hydrogen (secondary N) is 1. The van der Waals surface area contributed by atoms with Crippen LogP contribution in [-0.4, -0.2) is 6.04 Å². The molecule has 0 atom stereocenters. The Morgan fingerprint density at radius 3 is 2.44 bits per heavy atom. The smallest absolute Gasteiger partial charge is 0.164 e. The summed E-state index contributed by atoms with van der Waals surface area (Å²) in [5.74, 6) is 1.06. The normalized spacial score (nSPS) is 19.3. The maximum Gasteiger partial charge on any atom is 0.164 e. The maximum atomic E-state index is 5.55. The summed E-state index contributed by atoms with van der Waals surface area (Å²) in [6, 6.07) is 4.79. The largest absolute Gasteiger partial charge is 0.454 e. The van der Waals surface area contributed by atoms with Crippen molar-refractivity contribution in [3.8, 4) is 0 Å². The fourth-order valence-electron chi connectivity index (χ4n) is 2.35. The van der Waals surface area contributed by atoms with Crippen molar-refractivity contribution in [1.29, 1.82) is 0 Å². The molecule has 16 heavy (non-hydrogen) atoms. The van der Waals surface area contributed by atoms with E-state index in [1.54, 1.807) is 0 Å². The predicted octanol–water partition coefficient (Wildman–Crippen LogP) is 4.09. The highest BCUT2D eigenvalue weighted by Gasteiger charge is 2.11. The lowest BCUT2D eigenvalue weighted by atomic mass is 9.97. The van der Waals surface area contributed by atoms with E-state index in [2.05, 4.69) is 34.0 Å². The van der Waals surface area contributed by atoms with E-state index in [0.717, 1.165) is 16.1 Å².